The van der Waals surface area contributed by atoms with E-state index in [1.54, 1.807) is 0 Å². The van der Waals surface area contributed by atoms with Crippen molar-refractivity contribution < 1.29 is 18.3 Å². The number of hydrogen-bond acceptors (Lipinski definition) is 3. The van der Waals surface area contributed by atoms with Crippen LogP contribution in [-0.2, 0) is 14.8 Å². The summed E-state index contributed by atoms with van der Waals surface area (Å²) in [7, 11) is -3.17. The Morgan fingerprint density at radius 3 is 2.42 bits per heavy atom. The second-order valence-corrected chi connectivity index (χ2v) is 8.32. The maximum atomic E-state index is 12.1. The predicted octanol–water partition coefficient (Wildman–Crippen LogP) is 1.69. The minimum atomic E-state index is -3.17. The van der Waals surface area contributed by atoms with Crippen molar-refractivity contribution in [3.05, 3.63) is 0 Å². The summed E-state index contributed by atoms with van der Waals surface area (Å²) in [6.45, 7) is 2.87. The molecule has 1 saturated carbocycles. The second kappa shape index (κ2) is 5.40. The first kappa shape index (κ1) is 14.8. The number of sulfonamides is 1. The zero-order valence-corrected chi connectivity index (χ0v) is 12.3. The van der Waals surface area contributed by atoms with E-state index in [0.717, 1.165) is 32.1 Å². The van der Waals surface area contributed by atoms with Gasteiger partial charge < -0.3 is 5.11 Å². The summed E-state index contributed by atoms with van der Waals surface area (Å²) >= 11 is 0. The lowest BCUT2D eigenvalue weighted by Gasteiger charge is -2.38. The molecule has 0 spiro atoms. The van der Waals surface area contributed by atoms with Crippen molar-refractivity contribution in [1.29, 1.82) is 0 Å². The van der Waals surface area contributed by atoms with Gasteiger partial charge in [0.05, 0.1) is 12.2 Å². The van der Waals surface area contributed by atoms with Gasteiger partial charge in [0.2, 0.25) is 10.0 Å². The molecule has 0 aromatic heterocycles. The van der Waals surface area contributed by atoms with Crippen LogP contribution in [0.25, 0.3) is 0 Å². The molecule has 5 nitrogen and oxygen atoms in total. The van der Waals surface area contributed by atoms with Gasteiger partial charge in [-0.2, -0.15) is 0 Å². The molecule has 0 radical (unpaired) electrons. The molecule has 1 atom stereocenters. The van der Waals surface area contributed by atoms with Gasteiger partial charge in [-0.25, -0.2) is 12.7 Å². The van der Waals surface area contributed by atoms with E-state index in [2.05, 4.69) is 0 Å². The van der Waals surface area contributed by atoms with E-state index in [1.807, 2.05) is 6.92 Å². The van der Waals surface area contributed by atoms with Gasteiger partial charge in [0.25, 0.3) is 0 Å². The minimum absolute atomic E-state index is 0.0907. The lowest BCUT2D eigenvalue weighted by molar-refractivity contribution is -0.140. The average Bonchev–Trinajstić information content (AvgIpc) is 2.51. The Morgan fingerprint density at radius 1 is 1.32 bits per heavy atom. The number of aliphatic carboxylic acids is 1. The molecule has 1 heterocycles. The second-order valence-electron chi connectivity index (χ2n) is 6.31. The standard InChI is InChI=1S/C13H23NO4S/c1-11-8-14(19(17,18)9-11)10-13(7-12(15)16)5-3-2-4-6-13/h11H,2-10H2,1H3,(H,15,16). The topological polar surface area (TPSA) is 74.7 Å². The number of nitrogens with zero attached hydrogens (tertiary/aromatic N) is 1. The summed E-state index contributed by atoms with van der Waals surface area (Å²) in [5.74, 6) is -0.460. The summed E-state index contributed by atoms with van der Waals surface area (Å²) in [5, 5.41) is 9.12. The van der Waals surface area contributed by atoms with E-state index in [0.29, 0.717) is 13.1 Å². The van der Waals surface area contributed by atoms with Crippen LogP contribution in [0.3, 0.4) is 0 Å². The molecule has 2 aliphatic rings. The highest BCUT2D eigenvalue weighted by atomic mass is 32.2. The van der Waals surface area contributed by atoms with Gasteiger partial charge in [0.1, 0.15) is 0 Å². The zero-order valence-electron chi connectivity index (χ0n) is 11.5. The molecule has 1 saturated heterocycles. The molecule has 2 fully saturated rings. The van der Waals surface area contributed by atoms with Crippen LogP contribution >= 0.6 is 0 Å². The van der Waals surface area contributed by atoms with E-state index >= 15 is 0 Å². The summed E-state index contributed by atoms with van der Waals surface area (Å²) in [6.07, 6.45) is 4.91. The highest BCUT2D eigenvalue weighted by molar-refractivity contribution is 7.89. The molecule has 1 aliphatic carbocycles. The van der Waals surface area contributed by atoms with Crippen LogP contribution in [0.5, 0.6) is 0 Å². The molecule has 6 heteroatoms. The lowest BCUT2D eigenvalue weighted by atomic mass is 9.71. The Bertz CT molecular complexity index is 440. The van der Waals surface area contributed by atoms with Crippen molar-refractivity contribution in [1.82, 2.24) is 4.31 Å². The highest BCUT2D eigenvalue weighted by Gasteiger charge is 2.42. The Labute approximate surface area is 115 Å². The molecular formula is C13H23NO4S. The van der Waals surface area contributed by atoms with E-state index < -0.39 is 16.0 Å². The molecule has 1 unspecified atom stereocenters. The van der Waals surface area contributed by atoms with E-state index in [4.69, 9.17) is 5.11 Å². The van der Waals surface area contributed by atoms with Crippen molar-refractivity contribution in [3.8, 4) is 0 Å². The van der Waals surface area contributed by atoms with Crippen molar-refractivity contribution in [3.63, 3.8) is 0 Å². The van der Waals surface area contributed by atoms with E-state index in [1.165, 1.54) is 4.31 Å². The van der Waals surface area contributed by atoms with E-state index in [-0.39, 0.29) is 23.5 Å². The fraction of sp³-hybridized carbons (Fsp3) is 0.923. The van der Waals surface area contributed by atoms with Crippen molar-refractivity contribution in [2.24, 2.45) is 11.3 Å². The minimum Gasteiger partial charge on any atom is -0.481 e. The molecule has 1 aliphatic heterocycles. The van der Waals surface area contributed by atoms with Crippen LogP contribution in [0.4, 0.5) is 0 Å². The Morgan fingerprint density at radius 2 is 1.95 bits per heavy atom. The predicted molar refractivity (Wildman–Crippen MR) is 72.3 cm³/mol. The number of carboxylic acid groups (broad SMARTS) is 1. The molecule has 19 heavy (non-hydrogen) atoms. The van der Waals surface area contributed by atoms with E-state index in [9.17, 15) is 13.2 Å². The average molecular weight is 289 g/mol. The maximum Gasteiger partial charge on any atom is 0.303 e. The number of carboxylic acids is 1. The Balaban J connectivity index is 2.14. The third-order valence-corrected chi connectivity index (χ3v) is 6.41. The maximum absolute atomic E-state index is 12.1. The number of hydrogen-bond donors (Lipinski definition) is 1. The lowest BCUT2D eigenvalue weighted by Crippen LogP contribution is -2.41. The monoisotopic (exact) mass is 289 g/mol. The van der Waals surface area contributed by atoms with Crippen molar-refractivity contribution in [2.75, 3.05) is 18.8 Å². The van der Waals surface area contributed by atoms with Gasteiger partial charge in [-0.05, 0) is 24.2 Å². The highest BCUT2D eigenvalue weighted by Crippen LogP contribution is 2.41. The fourth-order valence-corrected chi connectivity index (χ4v) is 5.52. The Kier molecular flexibility index (Phi) is 4.20. The van der Waals surface area contributed by atoms with Crippen LogP contribution < -0.4 is 0 Å². The molecule has 0 amide bonds. The quantitative estimate of drug-likeness (QED) is 0.854. The van der Waals surface area contributed by atoms with Gasteiger partial charge in [-0.3, -0.25) is 4.79 Å². The molecule has 110 valence electrons. The summed E-state index contributed by atoms with van der Waals surface area (Å²) < 4.78 is 25.6. The zero-order chi connectivity index (χ0) is 14.1. The summed E-state index contributed by atoms with van der Waals surface area (Å²) in [5.41, 5.74) is -0.346. The van der Waals surface area contributed by atoms with Crippen LogP contribution in [0.1, 0.15) is 45.4 Å². The van der Waals surface area contributed by atoms with Gasteiger partial charge in [0.15, 0.2) is 0 Å². The third kappa shape index (κ3) is 3.48. The molecule has 1 N–H and O–H groups in total. The third-order valence-electron chi connectivity index (χ3n) is 4.36. The van der Waals surface area contributed by atoms with Crippen LogP contribution in [-0.4, -0.2) is 42.6 Å². The van der Waals surface area contributed by atoms with Gasteiger partial charge >= 0.3 is 5.97 Å². The first-order chi connectivity index (χ1) is 8.83. The molecule has 0 aromatic carbocycles. The summed E-state index contributed by atoms with van der Waals surface area (Å²) in [6, 6.07) is 0. The molecular weight excluding hydrogens is 266 g/mol. The SMILES string of the molecule is CC1CN(CC2(CC(=O)O)CCCCC2)S(=O)(=O)C1. The Hall–Kier alpha value is -0.620. The van der Waals surface area contributed by atoms with Crippen LogP contribution in [0.15, 0.2) is 0 Å². The van der Waals surface area contributed by atoms with Crippen LogP contribution in [0.2, 0.25) is 0 Å². The van der Waals surface area contributed by atoms with Gasteiger partial charge in [-0.1, -0.05) is 26.2 Å². The normalized spacial score (nSPS) is 30.3. The number of carbonyl (C=O) groups is 1. The van der Waals surface area contributed by atoms with Gasteiger partial charge in [0, 0.05) is 13.1 Å². The van der Waals surface area contributed by atoms with Crippen molar-refractivity contribution >= 4 is 16.0 Å². The van der Waals surface area contributed by atoms with Crippen molar-refractivity contribution in [2.45, 2.75) is 45.4 Å². The largest absolute Gasteiger partial charge is 0.481 e. The summed E-state index contributed by atoms with van der Waals surface area (Å²) in [4.78, 5) is 11.1. The fourth-order valence-electron chi connectivity index (χ4n) is 3.53. The smallest absolute Gasteiger partial charge is 0.303 e. The molecule has 0 aromatic rings. The molecule has 0 bridgehead atoms. The van der Waals surface area contributed by atoms with Crippen LogP contribution in [0, 0.1) is 11.3 Å². The first-order valence-corrected chi connectivity index (χ1v) is 8.64. The first-order valence-electron chi connectivity index (χ1n) is 7.03. The number of rotatable bonds is 4. The molecule has 2 rings (SSSR count). The van der Waals surface area contributed by atoms with Gasteiger partial charge in [-0.15, -0.1) is 0 Å².